The van der Waals surface area contributed by atoms with Gasteiger partial charge in [-0.25, -0.2) is 5.43 Å². The number of nitrogens with zero attached hydrogens (tertiary/aromatic N) is 3. The van der Waals surface area contributed by atoms with Crippen molar-refractivity contribution < 1.29 is 27.2 Å². The van der Waals surface area contributed by atoms with Crippen molar-refractivity contribution in [2.75, 3.05) is 19.6 Å². The first-order chi connectivity index (χ1) is 15.4. The normalized spacial score (nSPS) is 24.2. The van der Waals surface area contributed by atoms with Crippen LogP contribution >= 0.6 is 0 Å². The van der Waals surface area contributed by atoms with Gasteiger partial charge in [-0.1, -0.05) is 17.3 Å². The second-order valence-electron chi connectivity index (χ2n) is 7.92. The number of hydrogen-bond donors (Lipinski definition) is 3. The van der Waals surface area contributed by atoms with Gasteiger partial charge >= 0.3 is 6.36 Å². The van der Waals surface area contributed by atoms with Gasteiger partial charge in [-0.05, 0) is 38.1 Å². The van der Waals surface area contributed by atoms with Crippen LogP contribution in [0.25, 0.3) is 11.4 Å². The van der Waals surface area contributed by atoms with Crippen LogP contribution in [-0.2, 0) is 4.79 Å². The first-order valence-corrected chi connectivity index (χ1v) is 10.3. The zero-order valence-corrected chi connectivity index (χ0v) is 16.9. The van der Waals surface area contributed by atoms with Crippen molar-refractivity contribution in [3.05, 3.63) is 41.9 Å². The van der Waals surface area contributed by atoms with E-state index in [1.807, 2.05) is 5.01 Å². The SMILES string of the molecule is O=C1C=C(C2CCNCC2)N2NCC(c3nc(-c4cccc(OC(F)(F)F)c4)no3)C2N1. The maximum Gasteiger partial charge on any atom is 0.573 e. The van der Waals surface area contributed by atoms with Crippen LogP contribution in [0.3, 0.4) is 0 Å². The number of benzene rings is 1. The summed E-state index contributed by atoms with van der Waals surface area (Å²) in [4.78, 5) is 16.8. The van der Waals surface area contributed by atoms with Gasteiger partial charge in [0.25, 0.3) is 0 Å². The van der Waals surface area contributed by atoms with Crippen LogP contribution in [0.4, 0.5) is 13.2 Å². The molecule has 9 nitrogen and oxygen atoms in total. The fraction of sp³-hybridized carbons (Fsp3) is 0.450. The molecule has 3 aliphatic heterocycles. The highest BCUT2D eigenvalue weighted by molar-refractivity contribution is 5.89. The smallest absolute Gasteiger partial charge is 0.406 e. The van der Waals surface area contributed by atoms with E-state index in [2.05, 4.69) is 30.9 Å². The summed E-state index contributed by atoms with van der Waals surface area (Å²) >= 11 is 0. The average Bonchev–Trinajstić information content (AvgIpc) is 3.40. The van der Waals surface area contributed by atoms with Crippen molar-refractivity contribution >= 4 is 5.91 Å². The maximum absolute atomic E-state index is 12.5. The van der Waals surface area contributed by atoms with E-state index >= 15 is 0 Å². The molecule has 2 fully saturated rings. The molecule has 0 saturated carbocycles. The lowest BCUT2D eigenvalue weighted by molar-refractivity contribution is -0.274. The summed E-state index contributed by atoms with van der Waals surface area (Å²) in [5.74, 6) is -0.168. The number of allylic oxidation sites excluding steroid dienone is 1. The number of alkyl halides is 3. The van der Waals surface area contributed by atoms with E-state index in [0.717, 1.165) is 31.6 Å². The number of fused-ring (bicyclic) bond motifs is 1. The zero-order valence-electron chi connectivity index (χ0n) is 16.9. The van der Waals surface area contributed by atoms with Crippen molar-refractivity contribution in [1.29, 1.82) is 0 Å². The fourth-order valence-corrected chi connectivity index (χ4v) is 4.38. The highest BCUT2D eigenvalue weighted by Crippen LogP contribution is 2.35. The van der Waals surface area contributed by atoms with Crippen molar-refractivity contribution in [1.82, 2.24) is 31.2 Å². The molecular formula is C20H21F3N6O3. The fourth-order valence-electron chi connectivity index (χ4n) is 4.38. The van der Waals surface area contributed by atoms with E-state index < -0.39 is 12.5 Å². The van der Waals surface area contributed by atoms with Crippen LogP contribution < -0.4 is 20.8 Å². The molecule has 12 heteroatoms. The maximum atomic E-state index is 12.5. The quantitative estimate of drug-likeness (QED) is 0.649. The molecule has 0 spiro atoms. The first-order valence-electron chi connectivity index (χ1n) is 10.3. The van der Waals surface area contributed by atoms with Crippen LogP contribution in [0.1, 0.15) is 24.7 Å². The summed E-state index contributed by atoms with van der Waals surface area (Å²) in [5, 5.41) is 12.2. The predicted molar refractivity (Wildman–Crippen MR) is 105 cm³/mol. The number of rotatable bonds is 4. The Morgan fingerprint density at radius 2 is 2.03 bits per heavy atom. The lowest BCUT2D eigenvalue weighted by Crippen LogP contribution is -2.53. The third-order valence-electron chi connectivity index (χ3n) is 5.83. The molecule has 0 aliphatic carbocycles. The Kier molecular flexibility index (Phi) is 5.25. The Labute approximate surface area is 180 Å². The summed E-state index contributed by atoms with van der Waals surface area (Å²) in [5.41, 5.74) is 4.59. The third kappa shape index (κ3) is 4.15. The van der Waals surface area contributed by atoms with Crippen molar-refractivity contribution in [2.24, 2.45) is 5.92 Å². The molecule has 3 N–H and O–H groups in total. The van der Waals surface area contributed by atoms with Crippen molar-refractivity contribution in [2.45, 2.75) is 31.3 Å². The Bertz CT molecular complexity index is 1030. The topological polar surface area (TPSA) is 105 Å². The van der Waals surface area contributed by atoms with Gasteiger partial charge in [0.2, 0.25) is 17.6 Å². The van der Waals surface area contributed by atoms with Gasteiger partial charge in [0.15, 0.2) is 0 Å². The minimum Gasteiger partial charge on any atom is -0.406 e. The molecular weight excluding hydrogens is 429 g/mol. The molecule has 0 bridgehead atoms. The highest BCUT2D eigenvalue weighted by Gasteiger charge is 2.44. The Balaban J connectivity index is 1.36. The van der Waals surface area contributed by atoms with Crippen molar-refractivity contribution in [3.63, 3.8) is 0 Å². The second-order valence-corrected chi connectivity index (χ2v) is 7.92. The van der Waals surface area contributed by atoms with Crippen LogP contribution in [0.2, 0.25) is 0 Å². The van der Waals surface area contributed by atoms with Crippen LogP contribution in [0.15, 0.2) is 40.6 Å². The molecule has 1 aromatic heterocycles. The number of nitrogens with one attached hydrogen (secondary N) is 3. The summed E-state index contributed by atoms with van der Waals surface area (Å²) in [6, 6.07) is 5.38. The van der Waals surface area contributed by atoms with Crippen LogP contribution in [-0.4, -0.2) is 53.2 Å². The Hall–Kier alpha value is -3.12. The monoisotopic (exact) mass is 450 g/mol. The molecule has 4 heterocycles. The van der Waals surface area contributed by atoms with Gasteiger partial charge in [0.05, 0.1) is 5.92 Å². The first kappa shape index (κ1) is 20.8. The number of carbonyl (C=O) groups excluding carboxylic acids is 1. The number of ether oxygens (including phenoxy) is 1. The average molecular weight is 450 g/mol. The molecule has 2 aromatic rings. The summed E-state index contributed by atoms with van der Waals surface area (Å²) in [7, 11) is 0. The van der Waals surface area contributed by atoms with E-state index in [4.69, 9.17) is 4.52 Å². The molecule has 2 atom stereocenters. The Morgan fingerprint density at radius 1 is 1.22 bits per heavy atom. The molecule has 170 valence electrons. The third-order valence-corrected chi connectivity index (χ3v) is 5.83. The number of halogens is 3. The molecule has 5 rings (SSSR count). The van der Waals surface area contributed by atoms with Gasteiger partial charge in [0.1, 0.15) is 11.9 Å². The number of hydrogen-bond acceptors (Lipinski definition) is 8. The van der Waals surface area contributed by atoms with E-state index in [1.54, 1.807) is 12.1 Å². The van der Waals surface area contributed by atoms with E-state index in [-0.39, 0.29) is 35.2 Å². The lowest BCUT2D eigenvalue weighted by Gasteiger charge is -2.38. The molecule has 3 aliphatic rings. The lowest BCUT2D eigenvalue weighted by atomic mass is 9.92. The molecule has 2 unspecified atom stereocenters. The van der Waals surface area contributed by atoms with Gasteiger partial charge in [0, 0.05) is 29.8 Å². The molecule has 1 aromatic carbocycles. The van der Waals surface area contributed by atoms with Gasteiger partial charge in [-0.2, -0.15) is 4.98 Å². The second kappa shape index (κ2) is 8.10. The van der Waals surface area contributed by atoms with Gasteiger partial charge in [-0.15, -0.1) is 13.2 Å². The van der Waals surface area contributed by atoms with Crippen LogP contribution in [0.5, 0.6) is 5.75 Å². The van der Waals surface area contributed by atoms with Gasteiger partial charge in [-0.3, -0.25) is 9.80 Å². The summed E-state index contributed by atoms with van der Waals surface area (Å²) in [6.07, 6.45) is -1.68. The minimum atomic E-state index is -4.79. The predicted octanol–water partition coefficient (Wildman–Crippen LogP) is 1.88. The number of hydrazine groups is 1. The zero-order chi connectivity index (χ0) is 22.3. The number of carbonyl (C=O) groups is 1. The largest absolute Gasteiger partial charge is 0.573 e. The van der Waals surface area contributed by atoms with Crippen LogP contribution in [0, 0.1) is 5.92 Å². The van der Waals surface area contributed by atoms with E-state index in [1.165, 1.54) is 18.2 Å². The number of amides is 1. The number of piperidine rings is 1. The molecule has 0 radical (unpaired) electrons. The minimum absolute atomic E-state index is 0.141. The standard InChI is InChI=1S/C20H21F3N6O3/c21-20(22,23)31-13-3-1-2-12(8-13)17-27-19(32-28-17)14-10-25-29-15(9-16(30)26-18(14)29)11-4-6-24-7-5-11/h1-3,8-9,11,14,18,24-25H,4-7,10H2,(H,26,30). The highest BCUT2D eigenvalue weighted by atomic mass is 19.4. The Morgan fingerprint density at radius 3 is 2.81 bits per heavy atom. The summed E-state index contributed by atoms with van der Waals surface area (Å²) < 4.78 is 46.9. The van der Waals surface area contributed by atoms with E-state index in [0.29, 0.717) is 12.1 Å². The van der Waals surface area contributed by atoms with Crippen molar-refractivity contribution in [3.8, 4) is 17.1 Å². The van der Waals surface area contributed by atoms with E-state index in [9.17, 15) is 18.0 Å². The van der Waals surface area contributed by atoms with Gasteiger partial charge < -0.3 is 19.9 Å². The number of aromatic nitrogens is 2. The summed E-state index contributed by atoms with van der Waals surface area (Å²) in [6.45, 7) is 2.26. The molecule has 1 amide bonds. The molecule has 2 saturated heterocycles. The molecule has 32 heavy (non-hydrogen) atoms.